The summed E-state index contributed by atoms with van der Waals surface area (Å²) in [5.41, 5.74) is 0.522. The summed E-state index contributed by atoms with van der Waals surface area (Å²) in [5.74, 6) is 0.490. The lowest BCUT2D eigenvalue weighted by Crippen LogP contribution is -2.16. The largest absolute Gasteiger partial charge is 0.318 e. The van der Waals surface area contributed by atoms with E-state index in [-0.39, 0.29) is 17.1 Å². The fraction of sp³-hybridized carbons (Fsp3) is 0.308. The molecule has 0 radical (unpaired) electrons. The Labute approximate surface area is 120 Å². The molecule has 100 valence electrons. The Kier molecular flexibility index (Phi) is 3.71. The maximum Gasteiger partial charge on any atom is 0.295 e. The standard InChI is InChI=1S/C13H15BrN4O/c1-13(2,3)12-16-10(17-18-12)11(19)15-9-7-5-4-6-8(9)14/h4-7H,1-3H3,(H,15,19)(H,16,17,18). The van der Waals surface area contributed by atoms with Crippen LogP contribution in [0.4, 0.5) is 5.69 Å². The number of aromatic nitrogens is 3. The van der Waals surface area contributed by atoms with Crippen molar-refractivity contribution in [3.8, 4) is 0 Å². The first-order valence-electron chi connectivity index (χ1n) is 5.86. The number of halogens is 1. The van der Waals surface area contributed by atoms with Crippen molar-refractivity contribution in [3.63, 3.8) is 0 Å². The van der Waals surface area contributed by atoms with Gasteiger partial charge in [-0.2, -0.15) is 0 Å². The number of nitrogens with one attached hydrogen (secondary N) is 2. The summed E-state index contributed by atoms with van der Waals surface area (Å²) in [6, 6.07) is 7.39. The van der Waals surface area contributed by atoms with Crippen molar-refractivity contribution in [2.75, 3.05) is 5.32 Å². The van der Waals surface area contributed by atoms with Crippen molar-refractivity contribution < 1.29 is 4.79 Å². The molecule has 0 atom stereocenters. The highest BCUT2D eigenvalue weighted by Crippen LogP contribution is 2.22. The van der Waals surface area contributed by atoms with Gasteiger partial charge in [0.15, 0.2) is 0 Å². The Morgan fingerprint density at radius 3 is 2.58 bits per heavy atom. The molecule has 0 aliphatic heterocycles. The molecule has 1 amide bonds. The second-order valence-corrected chi connectivity index (χ2v) is 6.05. The molecule has 0 bridgehead atoms. The van der Waals surface area contributed by atoms with Crippen LogP contribution >= 0.6 is 15.9 Å². The fourth-order valence-electron chi connectivity index (χ4n) is 1.44. The summed E-state index contributed by atoms with van der Waals surface area (Å²) in [6.45, 7) is 6.01. The van der Waals surface area contributed by atoms with Gasteiger partial charge in [0.2, 0.25) is 5.82 Å². The van der Waals surface area contributed by atoms with Crippen LogP contribution in [-0.4, -0.2) is 21.1 Å². The van der Waals surface area contributed by atoms with Gasteiger partial charge in [-0.25, -0.2) is 4.98 Å². The number of carbonyl (C=O) groups is 1. The minimum absolute atomic E-state index is 0.140. The summed E-state index contributed by atoms with van der Waals surface area (Å²) in [5, 5.41) is 9.50. The van der Waals surface area contributed by atoms with Crippen LogP contribution in [-0.2, 0) is 5.41 Å². The second kappa shape index (κ2) is 5.13. The van der Waals surface area contributed by atoms with Crippen molar-refractivity contribution >= 4 is 27.5 Å². The summed E-state index contributed by atoms with van der Waals surface area (Å²) < 4.78 is 0.815. The normalized spacial score (nSPS) is 11.4. The molecule has 5 nitrogen and oxygen atoms in total. The minimum atomic E-state index is -0.335. The van der Waals surface area contributed by atoms with Crippen LogP contribution in [0.5, 0.6) is 0 Å². The van der Waals surface area contributed by atoms with Gasteiger partial charge in [-0.1, -0.05) is 32.9 Å². The van der Waals surface area contributed by atoms with E-state index in [1.54, 1.807) is 6.07 Å². The molecule has 1 aromatic heterocycles. The summed E-state index contributed by atoms with van der Waals surface area (Å²) in [6.07, 6.45) is 0. The van der Waals surface area contributed by atoms with Gasteiger partial charge in [0, 0.05) is 9.89 Å². The molecule has 0 spiro atoms. The van der Waals surface area contributed by atoms with Crippen molar-refractivity contribution in [1.29, 1.82) is 0 Å². The molecule has 19 heavy (non-hydrogen) atoms. The van der Waals surface area contributed by atoms with Gasteiger partial charge >= 0.3 is 0 Å². The van der Waals surface area contributed by atoms with Gasteiger partial charge in [-0.05, 0) is 28.1 Å². The molecule has 1 aromatic carbocycles. The molecular formula is C13H15BrN4O. The molecule has 2 N–H and O–H groups in total. The van der Waals surface area contributed by atoms with E-state index in [0.29, 0.717) is 11.5 Å². The smallest absolute Gasteiger partial charge is 0.295 e. The van der Waals surface area contributed by atoms with Gasteiger partial charge < -0.3 is 5.32 Å². The van der Waals surface area contributed by atoms with Crippen molar-refractivity contribution in [1.82, 2.24) is 15.2 Å². The first kappa shape index (κ1) is 13.7. The number of H-pyrrole nitrogens is 1. The third-order valence-electron chi connectivity index (χ3n) is 2.52. The van der Waals surface area contributed by atoms with Crippen molar-refractivity contribution in [2.24, 2.45) is 0 Å². The number of hydrogen-bond acceptors (Lipinski definition) is 3. The van der Waals surface area contributed by atoms with Gasteiger partial charge in [-0.3, -0.25) is 9.89 Å². The van der Waals surface area contributed by atoms with E-state index in [0.717, 1.165) is 4.47 Å². The lowest BCUT2D eigenvalue weighted by Gasteiger charge is -2.12. The van der Waals surface area contributed by atoms with E-state index in [1.165, 1.54) is 0 Å². The average molecular weight is 323 g/mol. The summed E-state index contributed by atoms with van der Waals surface area (Å²) in [7, 11) is 0. The molecule has 0 aliphatic rings. The Hall–Kier alpha value is -1.69. The van der Waals surface area contributed by atoms with Crippen LogP contribution in [0.15, 0.2) is 28.7 Å². The average Bonchev–Trinajstić information content (AvgIpc) is 2.81. The first-order chi connectivity index (χ1) is 8.88. The lowest BCUT2D eigenvalue weighted by molar-refractivity contribution is 0.101. The van der Waals surface area contributed by atoms with Crippen LogP contribution in [0.3, 0.4) is 0 Å². The first-order valence-corrected chi connectivity index (χ1v) is 6.66. The number of hydrogen-bond donors (Lipinski definition) is 2. The number of carbonyl (C=O) groups excluding carboxylic acids is 1. The molecule has 0 fully saturated rings. The molecule has 0 unspecified atom stereocenters. The Morgan fingerprint density at radius 1 is 1.32 bits per heavy atom. The lowest BCUT2D eigenvalue weighted by atomic mass is 9.96. The zero-order valence-electron chi connectivity index (χ0n) is 11.0. The molecule has 0 saturated carbocycles. The predicted octanol–water partition coefficient (Wildman–Crippen LogP) is 3.12. The molecular weight excluding hydrogens is 308 g/mol. The van der Waals surface area contributed by atoms with Crippen molar-refractivity contribution in [3.05, 3.63) is 40.4 Å². The highest BCUT2D eigenvalue weighted by molar-refractivity contribution is 9.10. The minimum Gasteiger partial charge on any atom is -0.318 e. The third-order valence-corrected chi connectivity index (χ3v) is 3.21. The van der Waals surface area contributed by atoms with Gasteiger partial charge in [0.25, 0.3) is 5.91 Å². The molecule has 2 rings (SSSR count). The molecule has 0 saturated heterocycles. The van der Waals surface area contributed by atoms with Gasteiger partial charge in [0.1, 0.15) is 5.82 Å². The monoisotopic (exact) mass is 322 g/mol. The Morgan fingerprint density at radius 2 is 2.00 bits per heavy atom. The summed E-state index contributed by atoms with van der Waals surface area (Å²) >= 11 is 3.37. The van der Waals surface area contributed by atoms with E-state index in [1.807, 2.05) is 39.0 Å². The topological polar surface area (TPSA) is 70.7 Å². The van der Waals surface area contributed by atoms with E-state index in [4.69, 9.17) is 0 Å². The fourth-order valence-corrected chi connectivity index (χ4v) is 1.82. The highest BCUT2D eigenvalue weighted by Gasteiger charge is 2.21. The van der Waals surface area contributed by atoms with Crippen LogP contribution < -0.4 is 5.32 Å². The van der Waals surface area contributed by atoms with Crippen LogP contribution in [0.2, 0.25) is 0 Å². The maximum atomic E-state index is 12.0. The third kappa shape index (κ3) is 3.20. The van der Waals surface area contributed by atoms with E-state index < -0.39 is 0 Å². The molecule has 1 heterocycles. The highest BCUT2D eigenvalue weighted by atomic mass is 79.9. The van der Waals surface area contributed by atoms with E-state index >= 15 is 0 Å². The number of rotatable bonds is 2. The zero-order valence-corrected chi connectivity index (χ0v) is 12.6. The van der Waals surface area contributed by atoms with Crippen LogP contribution in [0.25, 0.3) is 0 Å². The Bertz CT molecular complexity index is 601. The van der Waals surface area contributed by atoms with Gasteiger partial charge in [0.05, 0.1) is 5.69 Å². The second-order valence-electron chi connectivity index (χ2n) is 5.19. The molecule has 6 heteroatoms. The van der Waals surface area contributed by atoms with E-state index in [2.05, 4.69) is 36.4 Å². The predicted molar refractivity (Wildman–Crippen MR) is 77.2 cm³/mol. The maximum absolute atomic E-state index is 12.0. The zero-order chi connectivity index (χ0) is 14.0. The number of amides is 1. The van der Waals surface area contributed by atoms with Crippen LogP contribution in [0.1, 0.15) is 37.2 Å². The number of para-hydroxylation sites is 1. The number of benzene rings is 1. The van der Waals surface area contributed by atoms with Crippen LogP contribution in [0, 0.1) is 0 Å². The van der Waals surface area contributed by atoms with Gasteiger partial charge in [-0.15, -0.1) is 5.10 Å². The van der Waals surface area contributed by atoms with E-state index in [9.17, 15) is 4.79 Å². The number of aromatic amines is 1. The van der Waals surface area contributed by atoms with Crippen molar-refractivity contribution in [2.45, 2.75) is 26.2 Å². The Balaban J connectivity index is 2.17. The number of anilines is 1. The summed E-state index contributed by atoms with van der Waals surface area (Å²) in [4.78, 5) is 16.2. The quantitative estimate of drug-likeness (QED) is 0.892. The number of nitrogens with zero attached hydrogens (tertiary/aromatic N) is 2. The molecule has 2 aromatic rings. The molecule has 0 aliphatic carbocycles. The SMILES string of the molecule is CC(C)(C)c1nc(C(=O)Nc2ccccc2Br)n[nH]1.